The van der Waals surface area contributed by atoms with Gasteiger partial charge in [0.05, 0.1) is 5.41 Å². The second kappa shape index (κ2) is 11.1. The van der Waals surface area contributed by atoms with Gasteiger partial charge in [0.15, 0.2) is 0 Å². The highest BCUT2D eigenvalue weighted by molar-refractivity contribution is 6.06. The summed E-state index contributed by atoms with van der Waals surface area (Å²) in [6.07, 6.45) is 5.49. The minimum absolute atomic E-state index is 0.448. The summed E-state index contributed by atoms with van der Waals surface area (Å²) >= 11 is 0. The molecule has 0 fully saturated rings. The number of allylic oxidation sites excluding steroid dienone is 1. The lowest BCUT2D eigenvalue weighted by molar-refractivity contribution is 0.645. The maximum atomic E-state index is 6.12. The van der Waals surface area contributed by atoms with E-state index in [0.29, 0.717) is 0 Å². The van der Waals surface area contributed by atoms with Crippen LogP contribution in [0.15, 0.2) is 175 Å². The van der Waals surface area contributed by atoms with Gasteiger partial charge in [0.2, 0.25) is 0 Å². The van der Waals surface area contributed by atoms with Crippen LogP contribution in [-0.2, 0) is 5.41 Å². The van der Waals surface area contributed by atoms with Crippen molar-refractivity contribution in [2.75, 3.05) is 5.32 Å². The van der Waals surface area contributed by atoms with Crippen LogP contribution in [-0.4, -0.2) is 0 Å². The predicted octanol–water partition coefficient (Wildman–Crippen LogP) is 12.8. The van der Waals surface area contributed by atoms with Gasteiger partial charge in [-0.1, -0.05) is 134 Å². The summed E-state index contributed by atoms with van der Waals surface area (Å²) in [5.41, 5.74) is 16.8. The number of anilines is 2. The number of nitrogens with one attached hydrogen (secondary N) is 1. The highest BCUT2D eigenvalue weighted by Crippen LogP contribution is 2.57. The van der Waals surface area contributed by atoms with Crippen LogP contribution in [0.25, 0.3) is 55.8 Å². The minimum Gasteiger partial charge on any atom is -0.456 e. The molecule has 2 aliphatic rings. The first kappa shape index (κ1) is 28.6. The van der Waals surface area contributed by atoms with E-state index in [1.165, 1.54) is 50.1 Å². The van der Waals surface area contributed by atoms with Gasteiger partial charge in [-0.05, 0) is 110 Å². The number of para-hydroxylation sites is 1. The number of furan rings is 1. The molecule has 0 aliphatic heterocycles. The fraction of sp³-hybridized carbons (Fsp3) is 0.0417. The molecule has 50 heavy (non-hydrogen) atoms. The fourth-order valence-corrected chi connectivity index (χ4v) is 8.45. The van der Waals surface area contributed by atoms with Gasteiger partial charge in [0.25, 0.3) is 0 Å². The smallest absolute Gasteiger partial charge is 0.135 e. The Balaban J connectivity index is 1.19. The number of rotatable bonds is 2. The third-order valence-electron chi connectivity index (χ3n) is 10.7. The molecule has 0 saturated carbocycles. The van der Waals surface area contributed by atoms with E-state index in [2.05, 4.69) is 163 Å². The Kier molecular flexibility index (Phi) is 6.34. The van der Waals surface area contributed by atoms with E-state index < -0.39 is 5.41 Å². The molecule has 1 N–H and O–H groups in total. The molecular weight excluding hydrogens is 607 g/mol. The summed E-state index contributed by atoms with van der Waals surface area (Å²) < 4.78 is 6.12. The Labute approximate surface area is 291 Å². The molecule has 1 unspecified atom stereocenters. The van der Waals surface area contributed by atoms with Gasteiger partial charge in [0.1, 0.15) is 11.2 Å². The van der Waals surface area contributed by atoms with E-state index >= 15 is 0 Å². The zero-order valence-corrected chi connectivity index (χ0v) is 27.5. The van der Waals surface area contributed by atoms with Gasteiger partial charge in [-0.15, -0.1) is 0 Å². The highest BCUT2D eigenvalue weighted by atomic mass is 16.3. The van der Waals surface area contributed by atoms with Crippen molar-refractivity contribution in [2.24, 2.45) is 0 Å². The van der Waals surface area contributed by atoms with Gasteiger partial charge in [-0.25, -0.2) is 0 Å². The van der Waals surface area contributed by atoms with Crippen molar-refractivity contribution in [3.63, 3.8) is 0 Å². The molecular formula is C48H33NO. The third kappa shape index (κ3) is 4.28. The molecule has 2 aliphatic carbocycles. The molecule has 0 radical (unpaired) electrons. The van der Waals surface area contributed by atoms with E-state index in [9.17, 15) is 0 Å². The van der Waals surface area contributed by atoms with Crippen LogP contribution < -0.4 is 5.32 Å². The van der Waals surface area contributed by atoms with Crippen molar-refractivity contribution in [3.8, 4) is 22.3 Å². The van der Waals surface area contributed by atoms with Gasteiger partial charge < -0.3 is 9.73 Å². The van der Waals surface area contributed by atoms with Crippen molar-refractivity contribution < 1.29 is 4.42 Å². The van der Waals surface area contributed by atoms with E-state index in [0.717, 1.165) is 50.9 Å². The van der Waals surface area contributed by atoms with Crippen LogP contribution in [0.2, 0.25) is 0 Å². The number of fused-ring (bicyclic) bond motifs is 14. The summed E-state index contributed by atoms with van der Waals surface area (Å²) in [5.74, 6) is 0. The molecule has 1 heterocycles. The van der Waals surface area contributed by atoms with Crippen molar-refractivity contribution in [2.45, 2.75) is 11.8 Å². The van der Waals surface area contributed by atoms with Crippen LogP contribution in [0.4, 0.5) is 11.4 Å². The van der Waals surface area contributed by atoms with Gasteiger partial charge >= 0.3 is 0 Å². The Hall–Kier alpha value is -6.38. The Morgan fingerprint density at radius 3 is 2.06 bits per heavy atom. The summed E-state index contributed by atoms with van der Waals surface area (Å²) in [4.78, 5) is 0. The first-order chi connectivity index (χ1) is 24.7. The standard InChI is InChI=1S/C48H33NO/c1-31-33-13-10-14-34(28-33)38-17-3-2-12-32(38)15-11-27-48(43-20-7-4-16-37(31)43)44-21-8-5-18-39(44)40-25-23-36(30-45(40)48)49-35-24-26-47-42(29-35)41-19-6-9-22-46(41)50-47/h2-26,28-30,49H,1,27H2/b15-11+. The van der Waals surface area contributed by atoms with Crippen molar-refractivity contribution in [1.82, 2.24) is 0 Å². The quantitative estimate of drug-likeness (QED) is 0.204. The molecule has 1 spiro atoms. The summed E-state index contributed by atoms with van der Waals surface area (Å²) in [6, 6.07) is 56.9. The molecule has 1 atom stereocenters. The topological polar surface area (TPSA) is 25.2 Å². The molecule has 10 rings (SSSR count). The molecule has 0 amide bonds. The van der Waals surface area contributed by atoms with Gasteiger partial charge in [-0.3, -0.25) is 0 Å². The first-order valence-electron chi connectivity index (χ1n) is 17.3. The van der Waals surface area contributed by atoms with Crippen molar-refractivity contribution in [3.05, 3.63) is 204 Å². The summed E-state index contributed by atoms with van der Waals surface area (Å²) in [7, 11) is 0. The zero-order chi connectivity index (χ0) is 33.2. The average Bonchev–Trinajstić information content (AvgIpc) is 3.67. The van der Waals surface area contributed by atoms with E-state index in [1.54, 1.807) is 0 Å². The maximum Gasteiger partial charge on any atom is 0.135 e. The van der Waals surface area contributed by atoms with E-state index in [-0.39, 0.29) is 0 Å². The van der Waals surface area contributed by atoms with E-state index in [4.69, 9.17) is 11.0 Å². The Bertz CT molecular complexity index is 2690. The van der Waals surface area contributed by atoms with Gasteiger partial charge in [0, 0.05) is 22.1 Å². The van der Waals surface area contributed by atoms with Crippen LogP contribution >= 0.6 is 0 Å². The van der Waals surface area contributed by atoms with Crippen LogP contribution in [0.1, 0.15) is 39.8 Å². The molecule has 1 aromatic heterocycles. The normalized spacial score (nSPS) is 16.6. The molecule has 2 heteroatoms. The van der Waals surface area contributed by atoms with E-state index in [1.807, 2.05) is 12.1 Å². The largest absolute Gasteiger partial charge is 0.456 e. The maximum absolute atomic E-state index is 6.12. The molecule has 7 aromatic carbocycles. The molecule has 0 saturated heterocycles. The lowest BCUT2D eigenvalue weighted by Gasteiger charge is -2.35. The fourth-order valence-electron chi connectivity index (χ4n) is 8.45. The predicted molar refractivity (Wildman–Crippen MR) is 209 cm³/mol. The van der Waals surface area contributed by atoms with Gasteiger partial charge in [-0.2, -0.15) is 0 Å². The number of hydrogen-bond donors (Lipinski definition) is 1. The summed E-state index contributed by atoms with van der Waals surface area (Å²) in [5, 5.41) is 6.00. The Morgan fingerprint density at radius 1 is 0.500 bits per heavy atom. The molecule has 236 valence electrons. The van der Waals surface area contributed by atoms with Crippen LogP contribution in [0, 0.1) is 0 Å². The van der Waals surface area contributed by atoms with Crippen LogP contribution in [0.3, 0.4) is 0 Å². The second-order valence-electron chi connectivity index (χ2n) is 13.4. The number of benzene rings is 7. The minimum atomic E-state index is -0.448. The lowest BCUT2D eigenvalue weighted by atomic mass is 9.67. The second-order valence-corrected chi connectivity index (χ2v) is 13.4. The average molecular weight is 640 g/mol. The SMILES string of the molecule is C=C1c2cccc(c2)-c2ccccc2/C=C/CC2(c3ccccc31)c1ccccc1-c1ccc(Nc3ccc4oc5ccccc5c4c3)cc12. The third-order valence-corrected chi connectivity index (χ3v) is 10.7. The molecule has 2 bridgehead atoms. The zero-order valence-electron chi connectivity index (χ0n) is 27.5. The Morgan fingerprint density at radius 2 is 1.16 bits per heavy atom. The molecule has 8 aromatic rings. The number of hydrogen-bond acceptors (Lipinski definition) is 2. The van der Waals surface area contributed by atoms with Crippen molar-refractivity contribution >= 4 is 45.0 Å². The summed E-state index contributed by atoms with van der Waals surface area (Å²) in [6.45, 7) is 4.76. The molecule has 2 nitrogen and oxygen atoms in total. The monoisotopic (exact) mass is 639 g/mol. The highest BCUT2D eigenvalue weighted by Gasteiger charge is 2.45. The van der Waals surface area contributed by atoms with Crippen LogP contribution in [0.5, 0.6) is 0 Å². The first-order valence-corrected chi connectivity index (χ1v) is 17.3. The lowest BCUT2D eigenvalue weighted by Crippen LogP contribution is -2.28. The van der Waals surface area contributed by atoms with Crippen molar-refractivity contribution in [1.29, 1.82) is 0 Å².